The summed E-state index contributed by atoms with van der Waals surface area (Å²) in [5.41, 5.74) is 1.59. The Balaban J connectivity index is 3.15. The zero-order valence-corrected chi connectivity index (χ0v) is 10.1. The van der Waals surface area contributed by atoms with E-state index in [0.29, 0.717) is 21.7 Å². The molecule has 0 aromatic heterocycles. The third kappa shape index (κ3) is 2.66. The molecule has 16 heavy (non-hydrogen) atoms. The van der Waals surface area contributed by atoms with E-state index in [1.165, 1.54) is 7.11 Å². The summed E-state index contributed by atoms with van der Waals surface area (Å²) in [5, 5.41) is 9.19. The summed E-state index contributed by atoms with van der Waals surface area (Å²) in [7, 11) is 1.31. The highest BCUT2D eigenvalue weighted by Crippen LogP contribution is 2.26. The van der Waals surface area contributed by atoms with Gasteiger partial charge in [-0.05, 0) is 11.6 Å². The molecule has 0 atom stereocenters. The Morgan fingerprint density at radius 2 is 2.25 bits per heavy atom. The van der Waals surface area contributed by atoms with Gasteiger partial charge in [-0.25, -0.2) is 0 Å². The SMILES string of the molecule is COC(=O)Cc1ccc(C#N)c(CCl)c1Cl. The minimum absolute atomic E-state index is 0.0743. The van der Waals surface area contributed by atoms with Crippen LogP contribution < -0.4 is 0 Å². The van der Waals surface area contributed by atoms with Gasteiger partial charge in [-0.2, -0.15) is 5.26 Å². The van der Waals surface area contributed by atoms with Gasteiger partial charge in [0.25, 0.3) is 0 Å². The molecule has 1 aromatic rings. The van der Waals surface area contributed by atoms with E-state index in [1.807, 2.05) is 6.07 Å². The van der Waals surface area contributed by atoms with Crippen LogP contribution in [-0.4, -0.2) is 13.1 Å². The van der Waals surface area contributed by atoms with Gasteiger partial charge < -0.3 is 4.74 Å². The number of esters is 1. The number of rotatable bonds is 3. The summed E-state index contributed by atoms with van der Waals surface area (Å²) in [6.45, 7) is 0. The van der Waals surface area contributed by atoms with Gasteiger partial charge in [0, 0.05) is 5.56 Å². The van der Waals surface area contributed by atoms with Crippen LogP contribution >= 0.6 is 23.2 Å². The lowest BCUT2D eigenvalue weighted by Crippen LogP contribution is -2.06. The maximum atomic E-state index is 11.1. The molecule has 1 aromatic carbocycles. The molecule has 0 heterocycles. The van der Waals surface area contributed by atoms with E-state index in [1.54, 1.807) is 12.1 Å². The van der Waals surface area contributed by atoms with Gasteiger partial charge in [0.05, 0.1) is 36.1 Å². The molecule has 0 aliphatic heterocycles. The molecule has 0 aliphatic carbocycles. The fourth-order valence-corrected chi connectivity index (χ4v) is 1.91. The summed E-state index contributed by atoms with van der Waals surface area (Å²) >= 11 is 11.8. The number of alkyl halides is 1. The number of benzene rings is 1. The Bertz CT molecular complexity index is 452. The minimum atomic E-state index is -0.382. The van der Waals surface area contributed by atoms with E-state index in [9.17, 15) is 4.79 Å². The topological polar surface area (TPSA) is 50.1 Å². The maximum absolute atomic E-state index is 11.1. The average Bonchev–Trinajstić information content (AvgIpc) is 2.31. The summed E-state index contributed by atoms with van der Waals surface area (Å²) < 4.78 is 4.54. The average molecular weight is 258 g/mol. The van der Waals surface area contributed by atoms with Crippen molar-refractivity contribution in [1.29, 1.82) is 5.26 Å². The molecule has 0 spiro atoms. The van der Waals surface area contributed by atoms with Gasteiger partial charge in [0.15, 0.2) is 0 Å². The fraction of sp³-hybridized carbons (Fsp3) is 0.273. The number of carbonyl (C=O) groups excluding carboxylic acids is 1. The van der Waals surface area contributed by atoms with Gasteiger partial charge in [-0.3, -0.25) is 4.79 Å². The number of ether oxygens (including phenoxy) is 1. The van der Waals surface area contributed by atoms with Crippen LogP contribution in [0.25, 0.3) is 0 Å². The molecule has 0 saturated carbocycles. The van der Waals surface area contributed by atoms with E-state index in [4.69, 9.17) is 28.5 Å². The monoisotopic (exact) mass is 257 g/mol. The number of hydrogen-bond acceptors (Lipinski definition) is 3. The molecule has 3 nitrogen and oxygen atoms in total. The van der Waals surface area contributed by atoms with Gasteiger partial charge in [-0.15, -0.1) is 11.6 Å². The molecule has 0 aliphatic rings. The largest absolute Gasteiger partial charge is 0.469 e. The fourth-order valence-electron chi connectivity index (χ4n) is 1.27. The lowest BCUT2D eigenvalue weighted by atomic mass is 10.0. The molecule has 0 fully saturated rings. The van der Waals surface area contributed by atoms with Crippen molar-refractivity contribution in [1.82, 2.24) is 0 Å². The quantitative estimate of drug-likeness (QED) is 0.618. The van der Waals surface area contributed by atoms with Crippen LogP contribution in [0.5, 0.6) is 0 Å². The first-order valence-electron chi connectivity index (χ1n) is 4.47. The second kappa shape index (κ2) is 5.74. The molecule has 0 bridgehead atoms. The normalized spacial score (nSPS) is 9.62. The summed E-state index contributed by atoms with van der Waals surface area (Å²) in [5.74, 6) is -0.247. The first kappa shape index (κ1) is 12.8. The molecule has 5 heteroatoms. The number of nitriles is 1. The van der Waals surface area contributed by atoms with Crippen molar-refractivity contribution in [3.63, 3.8) is 0 Å². The molecule has 0 amide bonds. The van der Waals surface area contributed by atoms with Gasteiger partial charge in [0.1, 0.15) is 0 Å². The van der Waals surface area contributed by atoms with Gasteiger partial charge in [0.2, 0.25) is 0 Å². The smallest absolute Gasteiger partial charge is 0.310 e. The Labute approximate surface area is 104 Å². The lowest BCUT2D eigenvalue weighted by molar-refractivity contribution is -0.139. The second-order valence-corrected chi connectivity index (χ2v) is 3.71. The van der Waals surface area contributed by atoms with Gasteiger partial charge in [-0.1, -0.05) is 17.7 Å². The molecule has 1 rings (SSSR count). The summed E-state index contributed by atoms with van der Waals surface area (Å²) in [4.78, 5) is 11.1. The lowest BCUT2D eigenvalue weighted by Gasteiger charge is -2.08. The zero-order chi connectivity index (χ0) is 12.1. The number of halogens is 2. The van der Waals surface area contributed by atoms with Crippen LogP contribution in [0.1, 0.15) is 16.7 Å². The molecule has 0 radical (unpaired) electrons. The summed E-state index contributed by atoms with van der Waals surface area (Å²) in [6, 6.07) is 5.23. The minimum Gasteiger partial charge on any atom is -0.469 e. The highest BCUT2D eigenvalue weighted by Gasteiger charge is 2.13. The predicted molar refractivity (Wildman–Crippen MR) is 61.4 cm³/mol. The Hall–Kier alpha value is -1.24. The predicted octanol–water partition coefficient (Wildman–Crippen LogP) is 2.67. The number of nitrogens with zero attached hydrogens (tertiary/aromatic N) is 1. The van der Waals surface area contributed by atoms with E-state index in [2.05, 4.69) is 4.74 Å². The Kier molecular flexibility index (Phi) is 4.60. The van der Waals surface area contributed by atoms with Crippen molar-refractivity contribution in [2.24, 2.45) is 0 Å². The molecular weight excluding hydrogens is 249 g/mol. The van der Waals surface area contributed by atoms with Crippen LogP contribution in [0, 0.1) is 11.3 Å². The highest BCUT2D eigenvalue weighted by atomic mass is 35.5. The first-order valence-corrected chi connectivity index (χ1v) is 5.38. The number of methoxy groups -OCH3 is 1. The first-order chi connectivity index (χ1) is 7.63. The highest BCUT2D eigenvalue weighted by molar-refractivity contribution is 6.33. The van der Waals surface area contributed by atoms with E-state index >= 15 is 0 Å². The van der Waals surface area contributed by atoms with Gasteiger partial charge >= 0.3 is 5.97 Å². The molecule has 84 valence electrons. The zero-order valence-electron chi connectivity index (χ0n) is 8.59. The number of hydrogen-bond donors (Lipinski definition) is 0. The van der Waals surface area contributed by atoms with Crippen molar-refractivity contribution >= 4 is 29.2 Å². The number of carbonyl (C=O) groups is 1. The Morgan fingerprint density at radius 3 is 2.75 bits per heavy atom. The van der Waals surface area contributed by atoms with Crippen molar-refractivity contribution in [2.45, 2.75) is 12.3 Å². The summed E-state index contributed by atoms with van der Waals surface area (Å²) in [6.07, 6.45) is 0.0743. The Morgan fingerprint density at radius 1 is 1.56 bits per heavy atom. The second-order valence-electron chi connectivity index (χ2n) is 3.06. The molecule has 0 unspecified atom stereocenters. The third-order valence-corrected chi connectivity index (χ3v) is 2.88. The van der Waals surface area contributed by atoms with Crippen LogP contribution in [0.2, 0.25) is 5.02 Å². The van der Waals surface area contributed by atoms with E-state index < -0.39 is 0 Å². The molecular formula is C11H9Cl2NO2. The standard InChI is InChI=1S/C11H9Cl2NO2/c1-16-10(15)4-7-2-3-8(6-14)9(5-12)11(7)13/h2-3H,4-5H2,1H3. The van der Waals surface area contributed by atoms with Crippen molar-refractivity contribution in [3.8, 4) is 6.07 Å². The third-order valence-electron chi connectivity index (χ3n) is 2.14. The van der Waals surface area contributed by atoms with Crippen molar-refractivity contribution < 1.29 is 9.53 Å². The maximum Gasteiger partial charge on any atom is 0.310 e. The van der Waals surface area contributed by atoms with Crippen molar-refractivity contribution in [2.75, 3.05) is 7.11 Å². The van der Waals surface area contributed by atoms with Crippen molar-refractivity contribution in [3.05, 3.63) is 33.8 Å². The van der Waals surface area contributed by atoms with Crippen LogP contribution in [0.15, 0.2) is 12.1 Å². The van der Waals surface area contributed by atoms with Crippen LogP contribution in [0.4, 0.5) is 0 Å². The van der Waals surface area contributed by atoms with Crippen LogP contribution in [0.3, 0.4) is 0 Å². The molecule has 0 N–H and O–H groups in total. The van der Waals surface area contributed by atoms with E-state index in [0.717, 1.165) is 0 Å². The van der Waals surface area contributed by atoms with E-state index in [-0.39, 0.29) is 18.3 Å². The molecule has 0 saturated heterocycles. The van der Waals surface area contributed by atoms with Crippen LogP contribution in [-0.2, 0) is 21.8 Å².